The summed E-state index contributed by atoms with van der Waals surface area (Å²) in [5.41, 5.74) is -0.161. The molecule has 1 aromatic heterocycles. The second-order valence-electron chi connectivity index (χ2n) is 13.3. The van der Waals surface area contributed by atoms with Crippen LogP contribution in [0.3, 0.4) is 0 Å². The molecule has 1 aliphatic heterocycles. The lowest BCUT2D eigenvalue weighted by molar-refractivity contribution is -0.0513. The third-order valence-corrected chi connectivity index (χ3v) is 17.3. The number of aromatic nitrogens is 2. The smallest absolute Gasteiger partial charge is 0.351 e. The molecule has 2 aromatic rings. The molecule has 39 heavy (non-hydrogen) atoms. The van der Waals surface area contributed by atoms with Crippen LogP contribution in [-0.4, -0.2) is 62.1 Å². The second kappa shape index (κ2) is 11.4. The monoisotopic (exact) mass is 575 g/mol. The van der Waals surface area contributed by atoms with E-state index in [1.54, 1.807) is 30.3 Å². The van der Waals surface area contributed by atoms with Crippen LogP contribution >= 0.6 is 0 Å². The van der Waals surface area contributed by atoms with Gasteiger partial charge in [-0.1, -0.05) is 59.7 Å². The Hall–Kier alpha value is -2.16. The highest BCUT2D eigenvalue weighted by molar-refractivity contribution is 6.74. The van der Waals surface area contributed by atoms with Crippen molar-refractivity contribution in [2.24, 2.45) is 0 Å². The van der Waals surface area contributed by atoms with E-state index in [0.717, 1.165) is 0 Å². The number of hydrogen-bond donors (Lipinski definition) is 2. The number of ether oxygens (including phenoxy) is 1. The van der Waals surface area contributed by atoms with Crippen molar-refractivity contribution in [2.45, 2.75) is 102 Å². The number of hydrogen-bond acceptors (Lipinski definition) is 7. The number of rotatable bonds is 8. The summed E-state index contributed by atoms with van der Waals surface area (Å²) in [6.45, 7) is 21.5. The minimum absolute atomic E-state index is 0.00608. The third-order valence-electron chi connectivity index (χ3n) is 8.35. The Morgan fingerprint density at radius 3 is 2.15 bits per heavy atom. The number of benzene rings is 1. The van der Waals surface area contributed by atoms with E-state index in [0.29, 0.717) is 5.56 Å². The molecule has 0 saturated carbocycles. The highest BCUT2D eigenvalue weighted by Crippen LogP contribution is 2.42. The average Bonchev–Trinajstić information content (AvgIpc) is 3.11. The Morgan fingerprint density at radius 1 is 1.03 bits per heavy atom. The summed E-state index contributed by atoms with van der Waals surface area (Å²) in [6.07, 6.45) is -1.85. The summed E-state index contributed by atoms with van der Waals surface area (Å²) >= 11 is 0. The van der Waals surface area contributed by atoms with Crippen molar-refractivity contribution in [3.8, 4) is 0 Å². The third kappa shape index (κ3) is 7.14. The summed E-state index contributed by atoms with van der Waals surface area (Å²) < 4.78 is 20.6. The van der Waals surface area contributed by atoms with Crippen LogP contribution in [0.15, 0.2) is 47.4 Å². The predicted octanol–water partition coefficient (Wildman–Crippen LogP) is 5.17. The van der Waals surface area contributed by atoms with Crippen LogP contribution in [0.5, 0.6) is 0 Å². The molecule has 2 N–H and O–H groups in total. The lowest BCUT2D eigenvalue weighted by Crippen LogP contribution is -2.50. The number of anilines is 1. The fourth-order valence-corrected chi connectivity index (χ4v) is 5.99. The molecule has 1 saturated heterocycles. The number of carbonyl (C=O) groups excluding carboxylic acids is 1. The summed E-state index contributed by atoms with van der Waals surface area (Å²) in [6, 6.07) is 10.2. The molecule has 1 fully saturated rings. The van der Waals surface area contributed by atoms with E-state index in [1.807, 2.05) is 6.07 Å². The largest absolute Gasteiger partial charge is 0.414 e. The van der Waals surface area contributed by atoms with Gasteiger partial charge in [-0.05, 0) is 54.5 Å². The minimum atomic E-state index is -2.36. The second-order valence-corrected chi connectivity index (χ2v) is 22.9. The van der Waals surface area contributed by atoms with E-state index in [4.69, 9.17) is 13.6 Å². The van der Waals surface area contributed by atoms with Crippen LogP contribution in [0.1, 0.15) is 58.1 Å². The van der Waals surface area contributed by atoms with Crippen molar-refractivity contribution in [3.63, 3.8) is 0 Å². The average molecular weight is 576 g/mol. The number of amides is 1. The van der Waals surface area contributed by atoms with E-state index >= 15 is 0 Å². The van der Waals surface area contributed by atoms with Gasteiger partial charge < -0.3 is 24.0 Å². The van der Waals surface area contributed by atoms with Crippen molar-refractivity contribution >= 4 is 28.4 Å². The molecule has 0 radical (unpaired) electrons. The zero-order valence-corrected chi connectivity index (χ0v) is 26.9. The minimum Gasteiger partial charge on any atom is -0.414 e. The molecular weight excluding hydrogens is 530 g/mol. The lowest BCUT2D eigenvalue weighted by Gasteiger charge is -2.40. The van der Waals surface area contributed by atoms with Gasteiger partial charge in [0.15, 0.2) is 22.9 Å². The van der Waals surface area contributed by atoms with E-state index in [-0.39, 0.29) is 28.4 Å². The predicted molar refractivity (Wildman–Crippen MR) is 158 cm³/mol. The van der Waals surface area contributed by atoms with Gasteiger partial charge in [0.1, 0.15) is 24.1 Å². The summed E-state index contributed by atoms with van der Waals surface area (Å²) in [4.78, 5) is 29.8. The Morgan fingerprint density at radius 2 is 1.62 bits per heavy atom. The van der Waals surface area contributed by atoms with E-state index in [9.17, 15) is 14.7 Å². The van der Waals surface area contributed by atoms with Gasteiger partial charge in [0.2, 0.25) is 0 Å². The number of nitrogens with zero attached hydrogens (tertiary/aromatic N) is 2. The van der Waals surface area contributed by atoms with E-state index < -0.39 is 46.9 Å². The first-order chi connectivity index (χ1) is 17.8. The van der Waals surface area contributed by atoms with Gasteiger partial charge >= 0.3 is 5.69 Å². The molecule has 1 aliphatic rings. The first kappa shape index (κ1) is 31.4. The molecule has 0 bridgehead atoms. The van der Waals surface area contributed by atoms with Crippen molar-refractivity contribution in [2.75, 3.05) is 11.9 Å². The number of aliphatic hydroxyl groups is 1. The maximum absolute atomic E-state index is 13.2. The van der Waals surface area contributed by atoms with Crippen LogP contribution < -0.4 is 11.0 Å². The van der Waals surface area contributed by atoms with E-state index in [1.165, 1.54) is 10.8 Å². The highest BCUT2D eigenvalue weighted by atomic mass is 28.4. The fraction of sp³-hybridized carbons (Fsp3) is 0.607. The molecule has 3 rings (SSSR count). The first-order valence-electron chi connectivity index (χ1n) is 13.4. The van der Waals surface area contributed by atoms with Crippen molar-refractivity contribution < 1.29 is 23.5 Å². The Kier molecular flexibility index (Phi) is 9.15. The molecule has 216 valence electrons. The normalized spacial score (nSPS) is 22.6. The molecule has 0 spiro atoms. The Bertz CT molecular complexity index is 1200. The first-order valence-corrected chi connectivity index (χ1v) is 19.3. The molecule has 0 unspecified atom stereocenters. The SMILES string of the molecule is CC(C)(C)[Si](C)(C)OC[C@H]1O[C@@H](n2ccc(NC(=O)c3ccccc3)nc2=O)[C@H](O[Si](C)(C)C(C)(C)C)[C@@H]1O. The topological polar surface area (TPSA) is 112 Å². The van der Waals surface area contributed by atoms with Crippen LogP contribution in [0, 0.1) is 0 Å². The zero-order chi connectivity index (χ0) is 29.4. The van der Waals surface area contributed by atoms with Crippen LogP contribution in [-0.2, 0) is 13.6 Å². The summed E-state index contributed by atoms with van der Waals surface area (Å²) in [7, 11) is -4.47. The quantitative estimate of drug-likeness (QED) is 0.418. The van der Waals surface area contributed by atoms with Crippen LogP contribution in [0.2, 0.25) is 36.3 Å². The van der Waals surface area contributed by atoms with Gasteiger partial charge in [0.05, 0.1) is 6.61 Å². The van der Waals surface area contributed by atoms with E-state index in [2.05, 4.69) is 78.0 Å². The highest BCUT2D eigenvalue weighted by Gasteiger charge is 2.51. The Balaban J connectivity index is 1.89. The lowest BCUT2D eigenvalue weighted by atomic mass is 10.1. The maximum atomic E-state index is 13.2. The summed E-state index contributed by atoms with van der Waals surface area (Å²) in [5, 5.41) is 13.9. The molecule has 0 aliphatic carbocycles. The number of carbonyl (C=O) groups is 1. The zero-order valence-electron chi connectivity index (χ0n) is 24.9. The van der Waals surface area contributed by atoms with Crippen LogP contribution in [0.4, 0.5) is 5.82 Å². The fourth-order valence-electron chi connectivity index (χ4n) is 3.68. The van der Waals surface area contributed by atoms with Crippen molar-refractivity contribution in [3.05, 3.63) is 58.6 Å². The molecule has 2 heterocycles. The van der Waals surface area contributed by atoms with Gasteiger partial charge in [0.25, 0.3) is 5.91 Å². The number of nitrogens with one attached hydrogen (secondary N) is 1. The van der Waals surface area contributed by atoms with Crippen molar-refractivity contribution in [1.82, 2.24) is 9.55 Å². The standard InChI is InChI=1S/C28H45N3O6Si2/c1-27(2,3)38(7,8)35-18-20-22(32)23(37-39(9,10)28(4,5)6)25(36-20)31-17-16-21(30-26(31)34)29-24(33)19-14-12-11-13-15-19/h11-17,20,22-23,25,32H,18H2,1-10H3,(H,29,30,33,34)/t20-,22-,23-,25-/m1/s1. The van der Waals surface area contributed by atoms with Gasteiger partial charge in [-0.2, -0.15) is 4.98 Å². The molecule has 1 amide bonds. The van der Waals surface area contributed by atoms with Gasteiger partial charge in [-0.25, -0.2) is 4.79 Å². The Labute approximate surface area is 234 Å². The summed E-state index contributed by atoms with van der Waals surface area (Å²) in [5.74, 6) is -0.238. The molecule has 9 nitrogen and oxygen atoms in total. The maximum Gasteiger partial charge on any atom is 0.351 e. The van der Waals surface area contributed by atoms with Gasteiger partial charge in [-0.3, -0.25) is 9.36 Å². The van der Waals surface area contributed by atoms with Gasteiger partial charge in [0, 0.05) is 11.8 Å². The molecule has 1 aromatic carbocycles. The molecule has 11 heteroatoms. The molecule has 4 atom stereocenters. The molecular formula is C28H45N3O6Si2. The van der Waals surface area contributed by atoms with Gasteiger partial charge in [-0.15, -0.1) is 0 Å². The van der Waals surface area contributed by atoms with Crippen LogP contribution in [0.25, 0.3) is 0 Å². The number of aliphatic hydroxyl groups excluding tert-OH is 1. The van der Waals surface area contributed by atoms with Crippen molar-refractivity contribution in [1.29, 1.82) is 0 Å².